The summed E-state index contributed by atoms with van der Waals surface area (Å²) in [5, 5.41) is 19.4. The first-order valence-electron chi connectivity index (χ1n) is 5.09. The number of anilines is 1. The molecule has 0 bridgehead atoms. The molecule has 1 radical (unpaired) electrons. The summed E-state index contributed by atoms with van der Waals surface area (Å²) in [4.78, 5) is 0. The van der Waals surface area contributed by atoms with Crippen LogP contribution in [0.2, 0.25) is 0 Å². The molecule has 2 aromatic carbocycles. The first kappa shape index (κ1) is 17.9. The standard InChI is InChI=1S/C13H11NO3.Np.H2O/c15-9-10-4-6-12(7-5-10)17-13-3-1-2-11(8-13)14-16;;/h1,3-8,14-15H,9H2;;1H2/q-2;;. The smallest absolute Gasteiger partial charge is 0.124 e. The Balaban J connectivity index is 0.00000162. The minimum absolute atomic E-state index is 0. The number of ether oxygens (including phenoxy) is 1. The maximum absolute atomic E-state index is 10.5. The van der Waals surface area contributed by atoms with Gasteiger partial charge in [0.1, 0.15) is 5.75 Å². The molecule has 2 aromatic rings. The Morgan fingerprint density at radius 2 is 1.84 bits per heavy atom. The van der Waals surface area contributed by atoms with E-state index >= 15 is 0 Å². The van der Waals surface area contributed by atoms with Crippen molar-refractivity contribution in [3.05, 3.63) is 59.3 Å². The van der Waals surface area contributed by atoms with Gasteiger partial charge in [-0.25, -0.2) is 0 Å². The van der Waals surface area contributed by atoms with Crippen molar-refractivity contribution in [3.8, 4) is 11.5 Å². The fourth-order valence-corrected chi connectivity index (χ4v) is 1.37. The van der Waals surface area contributed by atoms with E-state index in [1.54, 1.807) is 47.9 Å². The third kappa shape index (κ3) is 5.21. The van der Waals surface area contributed by atoms with Crippen LogP contribution in [0.4, 0.5) is 5.69 Å². The Morgan fingerprint density at radius 1 is 1.16 bits per heavy atom. The van der Waals surface area contributed by atoms with Gasteiger partial charge in [-0.2, -0.15) is 12.1 Å². The summed E-state index contributed by atoms with van der Waals surface area (Å²) in [6.45, 7) is 0.00479. The Hall–Kier alpha value is -1.07. The van der Waals surface area contributed by atoms with Crippen LogP contribution in [0, 0.1) is 41.2 Å². The third-order valence-electron chi connectivity index (χ3n) is 2.22. The summed E-state index contributed by atoms with van der Waals surface area (Å²) in [7, 11) is 0. The molecule has 0 unspecified atom stereocenters. The SMILES string of the molecule is O.[Np].[O-]Nc1[c-]ccc(Oc2ccc(CO)cc2)c1. The van der Waals surface area contributed by atoms with Crippen LogP contribution in [0.15, 0.2) is 42.5 Å². The van der Waals surface area contributed by atoms with Gasteiger partial charge in [0, 0.05) is 35.7 Å². The number of rotatable bonds is 4. The minimum atomic E-state index is 0. The molecular weight excluding hydrogens is 471 g/mol. The molecule has 0 amide bonds. The maximum atomic E-state index is 10.5. The average Bonchev–Trinajstić information content (AvgIpc) is 2.40. The molecular formula is C13H13NNpO4-2. The summed E-state index contributed by atoms with van der Waals surface area (Å²) in [5.74, 6) is 1.20. The molecule has 0 aliphatic carbocycles. The number of benzene rings is 2. The molecule has 4 N–H and O–H groups in total. The zero-order valence-electron chi connectivity index (χ0n) is 9.96. The predicted octanol–water partition coefficient (Wildman–Crippen LogP) is 1.86. The van der Waals surface area contributed by atoms with E-state index in [9.17, 15) is 5.21 Å². The van der Waals surface area contributed by atoms with Crippen LogP contribution in [0.1, 0.15) is 5.56 Å². The fourth-order valence-electron chi connectivity index (χ4n) is 1.37. The van der Waals surface area contributed by atoms with Crippen molar-refractivity contribution in [1.29, 1.82) is 0 Å². The molecule has 0 aliphatic heterocycles. The van der Waals surface area contributed by atoms with Gasteiger partial charge in [0.15, 0.2) is 0 Å². The van der Waals surface area contributed by atoms with Crippen molar-refractivity contribution in [1.82, 2.24) is 0 Å². The molecule has 6 heteroatoms. The normalized spacial score (nSPS) is 8.95. The van der Waals surface area contributed by atoms with Gasteiger partial charge >= 0.3 is 0 Å². The number of hydrogen-bond donors (Lipinski definition) is 2. The van der Waals surface area contributed by atoms with Crippen molar-refractivity contribution >= 4 is 5.69 Å². The molecule has 0 atom stereocenters. The van der Waals surface area contributed by atoms with Gasteiger partial charge in [-0.15, -0.1) is 12.1 Å². The van der Waals surface area contributed by atoms with Crippen LogP contribution in [-0.4, -0.2) is 10.6 Å². The number of aliphatic hydroxyl groups excluding tert-OH is 1. The van der Waals surface area contributed by atoms with Crippen LogP contribution in [0.3, 0.4) is 0 Å². The molecule has 0 aromatic heterocycles. The van der Waals surface area contributed by atoms with Crippen LogP contribution in [0.25, 0.3) is 0 Å². The molecule has 2 rings (SSSR count). The minimum Gasteiger partial charge on any atom is -0.762 e. The molecule has 5 nitrogen and oxygen atoms in total. The zero-order valence-corrected chi connectivity index (χ0v) is 13.7. The molecule has 0 aliphatic rings. The molecule has 101 valence electrons. The first-order chi connectivity index (χ1) is 8.31. The molecule has 0 saturated heterocycles. The van der Waals surface area contributed by atoms with E-state index in [-0.39, 0.29) is 42.0 Å². The predicted molar refractivity (Wildman–Crippen MR) is 68.3 cm³/mol. The van der Waals surface area contributed by atoms with E-state index in [1.165, 1.54) is 0 Å². The van der Waals surface area contributed by atoms with E-state index in [0.717, 1.165) is 5.56 Å². The van der Waals surface area contributed by atoms with Gasteiger partial charge in [-0.1, -0.05) is 17.8 Å². The third-order valence-corrected chi connectivity index (χ3v) is 2.22. The first-order valence-corrected chi connectivity index (χ1v) is 5.09. The Bertz CT molecular complexity index is 490. The van der Waals surface area contributed by atoms with Crippen molar-refractivity contribution in [2.24, 2.45) is 0 Å². The van der Waals surface area contributed by atoms with Gasteiger partial charge in [-0.3, -0.25) is 0 Å². The second-order valence-corrected chi connectivity index (χ2v) is 3.44. The van der Waals surface area contributed by atoms with E-state index in [2.05, 4.69) is 6.07 Å². The van der Waals surface area contributed by atoms with E-state index in [0.29, 0.717) is 17.2 Å². The van der Waals surface area contributed by atoms with E-state index in [1.807, 2.05) is 0 Å². The second kappa shape index (κ2) is 8.94. The molecule has 0 fully saturated rings. The number of nitrogens with one attached hydrogen (secondary N) is 1. The second-order valence-electron chi connectivity index (χ2n) is 3.44. The topological polar surface area (TPSA) is 96.1 Å². The van der Waals surface area contributed by atoms with Crippen LogP contribution < -0.4 is 10.2 Å². The van der Waals surface area contributed by atoms with Crippen molar-refractivity contribution in [3.63, 3.8) is 0 Å². The van der Waals surface area contributed by atoms with Gasteiger partial charge in [0.05, 0.1) is 6.61 Å². The van der Waals surface area contributed by atoms with Crippen LogP contribution in [0.5, 0.6) is 11.5 Å². The van der Waals surface area contributed by atoms with Crippen LogP contribution >= 0.6 is 0 Å². The number of aliphatic hydroxyl groups is 1. The van der Waals surface area contributed by atoms with E-state index < -0.39 is 0 Å². The quantitative estimate of drug-likeness (QED) is 0.512. The molecule has 0 heterocycles. The average molecular weight is 484 g/mol. The molecule has 0 saturated carbocycles. The largest absolute Gasteiger partial charge is 0.762 e. The summed E-state index contributed by atoms with van der Waals surface area (Å²) in [6.07, 6.45) is 0. The maximum Gasteiger partial charge on any atom is 0.124 e. The zero-order chi connectivity index (χ0) is 12.1. The molecule has 19 heavy (non-hydrogen) atoms. The van der Waals surface area contributed by atoms with Crippen molar-refractivity contribution in [2.45, 2.75) is 6.61 Å². The summed E-state index contributed by atoms with van der Waals surface area (Å²) in [5.41, 5.74) is 2.90. The Morgan fingerprint density at radius 3 is 2.42 bits per heavy atom. The Kier molecular flexibility index (Phi) is 8.43. The monoisotopic (exact) mass is 483 g/mol. The molecule has 0 spiro atoms. The van der Waals surface area contributed by atoms with Crippen molar-refractivity contribution in [2.75, 3.05) is 5.48 Å². The van der Waals surface area contributed by atoms with Gasteiger partial charge in [-0.05, 0) is 17.7 Å². The summed E-state index contributed by atoms with van der Waals surface area (Å²) < 4.78 is 5.54. The summed E-state index contributed by atoms with van der Waals surface area (Å²) in [6, 6.07) is 14.7. The van der Waals surface area contributed by atoms with Crippen LogP contribution in [-0.2, 0) is 6.61 Å². The summed E-state index contributed by atoms with van der Waals surface area (Å²) >= 11 is 0. The Labute approximate surface area is 133 Å². The van der Waals surface area contributed by atoms with Gasteiger partial charge in [0.25, 0.3) is 0 Å². The number of hydrogen-bond acceptors (Lipinski definition) is 4. The fraction of sp³-hybridized carbons (Fsp3) is 0.0769. The van der Waals surface area contributed by atoms with Gasteiger partial charge < -0.3 is 26.0 Å². The van der Waals surface area contributed by atoms with Gasteiger partial charge in [0.2, 0.25) is 0 Å². The van der Waals surface area contributed by atoms with E-state index in [4.69, 9.17) is 9.84 Å². The van der Waals surface area contributed by atoms with Crippen molar-refractivity contribution < 1.29 is 45.3 Å².